The molecule has 0 aliphatic heterocycles. The molecule has 5 heteroatoms. The number of allylic oxidation sites excluding steroid dienone is 3. The summed E-state index contributed by atoms with van der Waals surface area (Å²) in [6, 6.07) is 2.06. The molecular weight excluding hydrogens is 314 g/mol. The van der Waals surface area contributed by atoms with Gasteiger partial charge in [0.15, 0.2) is 0 Å². The van der Waals surface area contributed by atoms with Gasteiger partial charge in [-0.3, -0.25) is 10.1 Å². The fourth-order valence-corrected chi connectivity index (χ4v) is 4.19. The molecule has 0 saturated carbocycles. The van der Waals surface area contributed by atoms with Crippen LogP contribution in [0.5, 0.6) is 0 Å². The van der Waals surface area contributed by atoms with E-state index >= 15 is 0 Å². The minimum atomic E-state index is -0.798. The molecule has 2 aliphatic carbocycles. The molecule has 2 atom stereocenters. The summed E-state index contributed by atoms with van der Waals surface area (Å²) < 4.78 is 1.53. The van der Waals surface area contributed by atoms with Crippen molar-refractivity contribution in [2.45, 2.75) is 50.8 Å². The molecule has 0 spiro atoms. The van der Waals surface area contributed by atoms with E-state index in [2.05, 4.69) is 22.5 Å². The molecule has 0 fully saturated rings. The van der Waals surface area contributed by atoms with Gasteiger partial charge in [0.2, 0.25) is 0 Å². The van der Waals surface area contributed by atoms with Gasteiger partial charge < -0.3 is 14.7 Å². The van der Waals surface area contributed by atoms with Crippen LogP contribution in [0, 0.1) is 0 Å². The van der Waals surface area contributed by atoms with Crippen molar-refractivity contribution in [2.24, 2.45) is 7.05 Å². The van der Waals surface area contributed by atoms with Gasteiger partial charge in [-0.1, -0.05) is 18.6 Å². The molecule has 132 valence electrons. The summed E-state index contributed by atoms with van der Waals surface area (Å²) in [5.41, 5.74) is 4.11. The van der Waals surface area contributed by atoms with E-state index in [-0.39, 0.29) is 11.6 Å². The summed E-state index contributed by atoms with van der Waals surface area (Å²) in [4.78, 5) is 15.2. The van der Waals surface area contributed by atoms with E-state index in [4.69, 9.17) is 0 Å². The van der Waals surface area contributed by atoms with Crippen LogP contribution in [-0.2, 0) is 7.05 Å². The van der Waals surface area contributed by atoms with E-state index in [0.29, 0.717) is 5.52 Å². The van der Waals surface area contributed by atoms with E-state index < -0.39 is 6.23 Å². The summed E-state index contributed by atoms with van der Waals surface area (Å²) in [5.74, 6) is 0. The van der Waals surface area contributed by atoms with Gasteiger partial charge in [0.1, 0.15) is 11.7 Å². The third-order valence-corrected chi connectivity index (χ3v) is 5.50. The highest BCUT2D eigenvalue weighted by Gasteiger charge is 2.25. The minimum Gasteiger partial charge on any atom is -0.374 e. The molecular formula is C20H25N3O2. The highest BCUT2D eigenvalue weighted by atomic mass is 16.3. The Hall–Kier alpha value is -2.11. The number of aliphatic hydroxyl groups is 1. The highest BCUT2D eigenvalue weighted by Crippen LogP contribution is 2.32. The minimum absolute atomic E-state index is 0.0761. The number of hydrogen-bond donors (Lipinski definition) is 3. The standard InChI is InChI=1S/C20H25N3O2/c1-23-12-16(15-10-11-21-18(15)20(23)25)19(24)22-17-9-5-3-7-13-6-2-4-8-14(13)17/h2,6,10-12,17,19,21-22,24H,3-5,7-9H2,1H3. The Morgan fingerprint density at radius 1 is 1.36 bits per heavy atom. The smallest absolute Gasteiger partial charge is 0.274 e. The fraction of sp³-hybridized carbons (Fsp3) is 0.450. The Kier molecular flexibility index (Phi) is 4.36. The summed E-state index contributed by atoms with van der Waals surface area (Å²) in [5, 5.41) is 15.1. The first kappa shape index (κ1) is 16.4. The third-order valence-electron chi connectivity index (χ3n) is 5.50. The number of fused-ring (bicyclic) bond motifs is 1. The van der Waals surface area contributed by atoms with Crippen molar-refractivity contribution in [3.8, 4) is 0 Å². The van der Waals surface area contributed by atoms with Crippen molar-refractivity contribution in [1.82, 2.24) is 14.9 Å². The van der Waals surface area contributed by atoms with E-state index in [1.54, 1.807) is 19.4 Å². The van der Waals surface area contributed by atoms with E-state index in [1.165, 1.54) is 22.1 Å². The molecule has 2 aliphatic rings. The predicted molar refractivity (Wildman–Crippen MR) is 99.3 cm³/mol. The van der Waals surface area contributed by atoms with Crippen LogP contribution < -0.4 is 10.9 Å². The molecule has 0 bridgehead atoms. The average molecular weight is 339 g/mol. The van der Waals surface area contributed by atoms with E-state index in [0.717, 1.165) is 43.1 Å². The lowest BCUT2D eigenvalue weighted by atomic mass is 9.90. The van der Waals surface area contributed by atoms with Crippen molar-refractivity contribution in [3.05, 3.63) is 57.7 Å². The third kappa shape index (κ3) is 2.98. The van der Waals surface area contributed by atoms with E-state index in [1.807, 2.05) is 6.07 Å². The molecule has 2 unspecified atom stereocenters. The maximum absolute atomic E-state index is 12.2. The second kappa shape index (κ2) is 6.65. The van der Waals surface area contributed by atoms with Gasteiger partial charge in [-0.2, -0.15) is 0 Å². The topological polar surface area (TPSA) is 70.0 Å². The Morgan fingerprint density at radius 3 is 3.12 bits per heavy atom. The number of hydrogen-bond acceptors (Lipinski definition) is 3. The predicted octanol–water partition coefficient (Wildman–Crippen LogP) is 3.04. The van der Waals surface area contributed by atoms with Gasteiger partial charge in [0.25, 0.3) is 5.56 Å². The Bertz CT molecular complexity index is 903. The van der Waals surface area contributed by atoms with Gasteiger partial charge in [0, 0.05) is 36.4 Å². The van der Waals surface area contributed by atoms with Crippen molar-refractivity contribution in [3.63, 3.8) is 0 Å². The van der Waals surface area contributed by atoms with Gasteiger partial charge in [-0.05, 0) is 49.3 Å². The number of pyridine rings is 1. The Morgan fingerprint density at radius 2 is 2.24 bits per heavy atom. The van der Waals surface area contributed by atoms with Gasteiger partial charge >= 0.3 is 0 Å². The first-order valence-electron chi connectivity index (χ1n) is 9.14. The van der Waals surface area contributed by atoms with Crippen molar-refractivity contribution >= 4 is 10.9 Å². The number of aliphatic hydroxyl groups excluding tert-OH is 1. The Balaban J connectivity index is 1.67. The van der Waals surface area contributed by atoms with Crippen LogP contribution in [0.4, 0.5) is 0 Å². The lowest BCUT2D eigenvalue weighted by molar-refractivity contribution is 0.127. The van der Waals surface area contributed by atoms with Crippen molar-refractivity contribution in [2.75, 3.05) is 0 Å². The van der Waals surface area contributed by atoms with E-state index in [9.17, 15) is 9.90 Å². The molecule has 2 heterocycles. The van der Waals surface area contributed by atoms with Crippen LogP contribution in [0.2, 0.25) is 0 Å². The zero-order chi connectivity index (χ0) is 17.4. The molecule has 2 aromatic heterocycles. The zero-order valence-corrected chi connectivity index (χ0v) is 14.6. The SMILES string of the molecule is Cn1cc(C(O)NC2CCCCC3=C2CCC=C3)c2cc[nH]c2c1=O. The van der Waals surface area contributed by atoms with Crippen LogP contribution in [0.1, 0.15) is 50.3 Å². The summed E-state index contributed by atoms with van der Waals surface area (Å²) in [7, 11) is 1.72. The number of rotatable bonds is 3. The van der Waals surface area contributed by atoms with Crippen LogP contribution in [-0.4, -0.2) is 20.7 Å². The normalized spacial score (nSPS) is 22.1. The lowest BCUT2D eigenvalue weighted by Gasteiger charge is -2.27. The maximum atomic E-state index is 12.2. The second-order valence-corrected chi connectivity index (χ2v) is 7.13. The number of H-pyrrole nitrogens is 1. The average Bonchev–Trinajstić information content (AvgIpc) is 3.02. The molecule has 0 aromatic carbocycles. The first-order chi connectivity index (χ1) is 12.1. The van der Waals surface area contributed by atoms with Gasteiger partial charge in [0.05, 0.1) is 0 Å². The monoisotopic (exact) mass is 339 g/mol. The molecule has 4 rings (SSSR count). The molecule has 2 aromatic rings. The number of aromatic amines is 1. The number of nitrogens with one attached hydrogen (secondary N) is 2. The molecule has 5 nitrogen and oxygen atoms in total. The fourth-order valence-electron chi connectivity index (χ4n) is 4.19. The van der Waals surface area contributed by atoms with Crippen molar-refractivity contribution in [1.29, 1.82) is 0 Å². The van der Waals surface area contributed by atoms with Crippen molar-refractivity contribution < 1.29 is 5.11 Å². The molecule has 0 amide bonds. The lowest BCUT2D eigenvalue weighted by Crippen LogP contribution is -2.35. The molecule has 3 N–H and O–H groups in total. The van der Waals surface area contributed by atoms with Crippen LogP contribution >= 0.6 is 0 Å². The highest BCUT2D eigenvalue weighted by molar-refractivity contribution is 5.82. The summed E-state index contributed by atoms with van der Waals surface area (Å²) in [6.07, 6.45) is 13.9. The number of nitrogens with zero attached hydrogens (tertiary/aromatic N) is 1. The largest absolute Gasteiger partial charge is 0.374 e. The van der Waals surface area contributed by atoms with Gasteiger partial charge in [-0.25, -0.2) is 0 Å². The molecule has 25 heavy (non-hydrogen) atoms. The van der Waals surface area contributed by atoms with Crippen LogP contribution in [0.25, 0.3) is 10.9 Å². The summed E-state index contributed by atoms with van der Waals surface area (Å²) >= 11 is 0. The first-order valence-corrected chi connectivity index (χ1v) is 9.14. The van der Waals surface area contributed by atoms with Gasteiger partial charge in [-0.15, -0.1) is 0 Å². The maximum Gasteiger partial charge on any atom is 0.274 e. The quantitative estimate of drug-likeness (QED) is 0.753. The zero-order valence-electron chi connectivity index (χ0n) is 14.6. The molecule has 0 radical (unpaired) electrons. The number of aromatic nitrogens is 2. The molecule has 0 saturated heterocycles. The second-order valence-electron chi connectivity index (χ2n) is 7.13. The van der Waals surface area contributed by atoms with Crippen LogP contribution in [0.15, 0.2) is 46.6 Å². The Labute approximate surface area is 147 Å². The number of aryl methyl sites for hydroxylation is 1. The summed E-state index contributed by atoms with van der Waals surface area (Å²) in [6.45, 7) is 0. The van der Waals surface area contributed by atoms with Crippen LogP contribution in [0.3, 0.4) is 0 Å².